The van der Waals surface area contributed by atoms with Crippen molar-refractivity contribution in [3.05, 3.63) is 29.6 Å². The molecule has 11 heavy (non-hydrogen) atoms. The summed E-state index contributed by atoms with van der Waals surface area (Å²) >= 11 is 0. The molecule has 1 heterocycles. The van der Waals surface area contributed by atoms with Crippen LogP contribution in [0.25, 0.3) is 0 Å². The summed E-state index contributed by atoms with van der Waals surface area (Å²) in [6.07, 6.45) is -0.973. The molecule has 1 rings (SSSR count). The van der Waals surface area contributed by atoms with Crippen LogP contribution in [-0.4, -0.2) is 4.98 Å². The molecule has 0 bridgehead atoms. The molecule has 59 valence electrons. The SMILES string of the molecule is Cc1[c]nccc1C(F)(F)F. The highest BCUT2D eigenvalue weighted by Crippen LogP contribution is 2.30. The van der Waals surface area contributed by atoms with Gasteiger partial charge in [-0.05, 0) is 18.6 Å². The minimum Gasteiger partial charge on any atom is -0.254 e. The molecule has 0 aliphatic carbocycles. The highest BCUT2D eigenvalue weighted by atomic mass is 19.4. The predicted molar refractivity (Wildman–Crippen MR) is 32.8 cm³/mol. The lowest BCUT2D eigenvalue weighted by molar-refractivity contribution is -0.138. The Morgan fingerprint density at radius 2 is 2.09 bits per heavy atom. The largest absolute Gasteiger partial charge is 0.416 e. The van der Waals surface area contributed by atoms with Gasteiger partial charge in [0.25, 0.3) is 0 Å². The number of pyridine rings is 1. The molecule has 0 unspecified atom stereocenters. The molecular formula is C7H5F3N. The number of alkyl halides is 3. The number of aromatic nitrogens is 1. The molecule has 0 amide bonds. The van der Waals surface area contributed by atoms with Gasteiger partial charge in [0.2, 0.25) is 0 Å². The second-order valence-electron chi connectivity index (χ2n) is 2.09. The first-order valence-electron chi connectivity index (χ1n) is 2.92. The van der Waals surface area contributed by atoms with Crippen LogP contribution in [0.1, 0.15) is 11.1 Å². The summed E-state index contributed by atoms with van der Waals surface area (Å²) in [5, 5.41) is 0. The fraction of sp³-hybridized carbons (Fsp3) is 0.286. The lowest BCUT2D eigenvalue weighted by Crippen LogP contribution is -2.07. The molecule has 0 fully saturated rings. The molecule has 1 radical (unpaired) electrons. The lowest BCUT2D eigenvalue weighted by Gasteiger charge is -2.07. The topological polar surface area (TPSA) is 12.9 Å². The molecule has 0 spiro atoms. The van der Waals surface area contributed by atoms with E-state index in [4.69, 9.17) is 0 Å². The van der Waals surface area contributed by atoms with Crippen molar-refractivity contribution in [2.75, 3.05) is 0 Å². The first-order valence-corrected chi connectivity index (χ1v) is 2.92. The van der Waals surface area contributed by atoms with Gasteiger partial charge < -0.3 is 0 Å². The van der Waals surface area contributed by atoms with E-state index < -0.39 is 11.7 Å². The lowest BCUT2D eigenvalue weighted by atomic mass is 10.1. The third-order valence-electron chi connectivity index (χ3n) is 1.26. The number of nitrogens with zero attached hydrogens (tertiary/aromatic N) is 1. The first-order chi connectivity index (χ1) is 5.02. The molecule has 0 aliphatic rings. The van der Waals surface area contributed by atoms with Crippen LogP contribution < -0.4 is 0 Å². The van der Waals surface area contributed by atoms with E-state index in [-0.39, 0.29) is 5.56 Å². The van der Waals surface area contributed by atoms with Crippen LogP contribution in [0, 0.1) is 13.1 Å². The Kier molecular flexibility index (Phi) is 1.85. The van der Waals surface area contributed by atoms with Crippen molar-refractivity contribution >= 4 is 0 Å². The van der Waals surface area contributed by atoms with E-state index in [2.05, 4.69) is 11.2 Å². The second-order valence-corrected chi connectivity index (χ2v) is 2.09. The zero-order valence-electron chi connectivity index (χ0n) is 5.74. The molecule has 1 nitrogen and oxygen atoms in total. The van der Waals surface area contributed by atoms with Gasteiger partial charge in [0.05, 0.1) is 11.8 Å². The number of aryl methyl sites for hydroxylation is 1. The van der Waals surface area contributed by atoms with Gasteiger partial charge in [-0.1, -0.05) is 0 Å². The van der Waals surface area contributed by atoms with Gasteiger partial charge in [0.15, 0.2) is 0 Å². The van der Waals surface area contributed by atoms with Crippen LogP contribution in [0.2, 0.25) is 0 Å². The minimum atomic E-state index is -4.29. The molecule has 0 aromatic carbocycles. The van der Waals surface area contributed by atoms with Gasteiger partial charge in [-0.3, -0.25) is 4.98 Å². The smallest absolute Gasteiger partial charge is 0.254 e. The Balaban J connectivity index is 3.14. The zero-order valence-corrected chi connectivity index (χ0v) is 5.74. The number of hydrogen-bond acceptors (Lipinski definition) is 1. The average molecular weight is 160 g/mol. The van der Waals surface area contributed by atoms with E-state index in [1.165, 1.54) is 6.92 Å². The van der Waals surface area contributed by atoms with Crippen molar-refractivity contribution in [3.8, 4) is 0 Å². The van der Waals surface area contributed by atoms with Gasteiger partial charge in [-0.2, -0.15) is 13.2 Å². The van der Waals surface area contributed by atoms with Gasteiger partial charge in [0, 0.05) is 6.20 Å². The molecule has 1 aromatic rings. The number of halogens is 3. The zero-order chi connectivity index (χ0) is 8.48. The third kappa shape index (κ3) is 1.69. The van der Waals surface area contributed by atoms with Crippen molar-refractivity contribution < 1.29 is 13.2 Å². The Morgan fingerprint density at radius 3 is 2.45 bits per heavy atom. The average Bonchev–Trinajstić information content (AvgIpc) is 1.86. The molecular weight excluding hydrogens is 155 g/mol. The van der Waals surface area contributed by atoms with Crippen LogP contribution in [0.5, 0.6) is 0 Å². The van der Waals surface area contributed by atoms with E-state index >= 15 is 0 Å². The van der Waals surface area contributed by atoms with Crippen molar-refractivity contribution in [3.63, 3.8) is 0 Å². The summed E-state index contributed by atoms with van der Waals surface area (Å²) in [5.74, 6) is 0. The van der Waals surface area contributed by atoms with Crippen LogP contribution in [-0.2, 0) is 6.18 Å². The summed E-state index contributed by atoms with van der Waals surface area (Å²) in [7, 11) is 0. The molecule has 4 heteroatoms. The van der Waals surface area contributed by atoms with Gasteiger partial charge in [0.1, 0.15) is 0 Å². The predicted octanol–water partition coefficient (Wildman–Crippen LogP) is 2.21. The van der Waals surface area contributed by atoms with Crippen molar-refractivity contribution in [1.82, 2.24) is 4.98 Å². The monoisotopic (exact) mass is 160 g/mol. The van der Waals surface area contributed by atoms with Crippen molar-refractivity contribution in [2.45, 2.75) is 13.1 Å². The summed E-state index contributed by atoms with van der Waals surface area (Å²) < 4.78 is 36.0. The molecule has 0 saturated carbocycles. The third-order valence-corrected chi connectivity index (χ3v) is 1.26. The van der Waals surface area contributed by atoms with Crippen LogP contribution in [0.15, 0.2) is 12.3 Å². The summed E-state index contributed by atoms with van der Waals surface area (Å²) in [6, 6.07) is 0.936. The Hall–Kier alpha value is -1.06. The maximum absolute atomic E-state index is 12.0. The number of hydrogen-bond donors (Lipinski definition) is 0. The Morgan fingerprint density at radius 1 is 1.45 bits per heavy atom. The molecule has 0 atom stereocenters. The number of rotatable bonds is 0. The van der Waals surface area contributed by atoms with E-state index in [0.29, 0.717) is 0 Å². The normalized spacial score (nSPS) is 11.6. The van der Waals surface area contributed by atoms with E-state index in [1.54, 1.807) is 0 Å². The molecule has 0 N–H and O–H groups in total. The van der Waals surface area contributed by atoms with Gasteiger partial charge >= 0.3 is 6.18 Å². The first kappa shape index (κ1) is 8.04. The summed E-state index contributed by atoms with van der Waals surface area (Å²) in [6.45, 7) is 1.33. The molecule has 0 saturated heterocycles. The van der Waals surface area contributed by atoms with E-state index in [0.717, 1.165) is 12.3 Å². The Bertz CT molecular complexity index is 254. The van der Waals surface area contributed by atoms with Gasteiger partial charge in [-0.15, -0.1) is 0 Å². The van der Waals surface area contributed by atoms with Crippen LogP contribution in [0.3, 0.4) is 0 Å². The maximum atomic E-state index is 12.0. The van der Waals surface area contributed by atoms with Crippen LogP contribution >= 0.6 is 0 Å². The Labute approximate surface area is 61.9 Å². The van der Waals surface area contributed by atoms with Crippen molar-refractivity contribution in [1.29, 1.82) is 0 Å². The second kappa shape index (κ2) is 2.53. The molecule has 1 aromatic heterocycles. The quantitative estimate of drug-likeness (QED) is 0.567. The van der Waals surface area contributed by atoms with Gasteiger partial charge in [-0.25, -0.2) is 0 Å². The summed E-state index contributed by atoms with van der Waals surface area (Å²) in [5.41, 5.74) is -0.646. The van der Waals surface area contributed by atoms with E-state index in [9.17, 15) is 13.2 Å². The highest BCUT2D eigenvalue weighted by Gasteiger charge is 2.31. The summed E-state index contributed by atoms with van der Waals surface area (Å²) in [4.78, 5) is 3.43. The van der Waals surface area contributed by atoms with Crippen LogP contribution in [0.4, 0.5) is 13.2 Å². The minimum absolute atomic E-state index is 0.0278. The molecule has 0 aliphatic heterocycles. The highest BCUT2D eigenvalue weighted by molar-refractivity contribution is 5.23. The standard InChI is InChI=1S/C7H5F3N/c1-5-4-11-3-2-6(5)7(8,9)10/h2-3H,1H3. The van der Waals surface area contributed by atoms with E-state index in [1.807, 2.05) is 0 Å². The fourth-order valence-corrected chi connectivity index (χ4v) is 0.738. The maximum Gasteiger partial charge on any atom is 0.416 e. The van der Waals surface area contributed by atoms with Crippen molar-refractivity contribution in [2.24, 2.45) is 0 Å². The fourth-order valence-electron chi connectivity index (χ4n) is 0.738.